The maximum absolute atomic E-state index is 14.1. The van der Waals surface area contributed by atoms with Crippen LogP contribution >= 0.6 is 0 Å². The Morgan fingerprint density at radius 3 is 2.29 bits per heavy atom. The Morgan fingerprint density at radius 2 is 1.55 bits per heavy atom. The molecule has 38 heavy (non-hydrogen) atoms. The van der Waals surface area contributed by atoms with Crippen LogP contribution in [0, 0.1) is 0 Å². The number of para-hydroxylation sites is 1. The van der Waals surface area contributed by atoms with Crippen LogP contribution in [0.15, 0.2) is 103 Å². The first-order valence-electron chi connectivity index (χ1n) is 12.0. The number of methoxy groups -OCH3 is 1. The Bertz CT molecular complexity index is 1510. The van der Waals surface area contributed by atoms with Crippen LogP contribution in [0.25, 0.3) is 11.1 Å². The number of anilines is 1. The van der Waals surface area contributed by atoms with Crippen molar-refractivity contribution in [2.75, 3.05) is 12.0 Å². The predicted molar refractivity (Wildman–Crippen MR) is 140 cm³/mol. The summed E-state index contributed by atoms with van der Waals surface area (Å²) in [6, 6.07) is 28.4. The molecule has 0 saturated carbocycles. The van der Waals surface area contributed by atoms with Gasteiger partial charge in [0.1, 0.15) is 0 Å². The molecule has 0 bridgehead atoms. The fourth-order valence-corrected chi connectivity index (χ4v) is 4.75. The SMILES string of the molecule is COC(O)c1cccc(CN2C(=O)C(=C(c3ccccc3)c3cccc(C(F)(F)F)c3)c3ccccc32)c1. The molecule has 1 N–H and O–H groups in total. The molecule has 5 rings (SSSR count). The van der Waals surface area contributed by atoms with Crippen LogP contribution in [0.4, 0.5) is 18.9 Å². The number of alkyl halides is 3. The molecule has 192 valence electrons. The van der Waals surface area contributed by atoms with E-state index in [2.05, 4.69) is 0 Å². The van der Waals surface area contributed by atoms with Crippen molar-refractivity contribution in [3.8, 4) is 0 Å². The number of benzene rings is 4. The van der Waals surface area contributed by atoms with E-state index in [1.165, 1.54) is 13.2 Å². The lowest BCUT2D eigenvalue weighted by Crippen LogP contribution is -2.26. The molecule has 0 radical (unpaired) electrons. The zero-order valence-corrected chi connectivity index (χ0v) is 20.4. The van der Waals surface area contributed by atoms with E-state index in [9.17, 15) is 23.1 Å². The normalized spacial score (nSPS) is 15.4. The van der Waals surface area contributed by atoms with Crippen molar-refractivity contribution in [3.63, 3.8) is 0 Å². The summed E-state index contributed by atoms with van der Waals surface area (Å²) in [6.07, 6.45) is -5.62. The summed E-state index contributed by atoms with van der Waals surface area (Å²) in [5.41, 5.74) is 3.53. The Hall–Kier alpha value is -4.20. The minimum atomic E-state index is -4.52. The smallest absolute Gasteiger partial charge is 0.364 e. The van der Waals surface area contributed by atoms with Gasteiger partial charge in [0.2, 0.25) is 0 Å². The Balaban J connectivity index is 1.68. The first-order chi connectivity index (χ1) is 18.3. The molecule has 0 spiro atoms. The average molecular weight is 516 g/mol. The van der Waals surface area contributed by atoms with Crippen molar-refractivity contribution in [1.82, 2.24) is 0 Å². The predicted octanol–water partition coefficient (Wildman–Crippen LogP) is 6.85. The van der Waals surface area contributed by atoms with Gasteiger partial charge in [-0.25, -0.2) is 0 Å². The van der Waals surface area contributed by atoms with Gasteiger partial charge in [-0.15, -0.1) is 0 Å². The van der Waals surface area contributed by atoms with Gasteiger partial charge in [0.25, 0.3) is 5.91 Å². The maximum atomic E-state index is 14.1. The Labute approximate surface area is 218 Å². The van der Waals surface area contributed by atoms with Gasteiger partial charge in [-0.05, 0) is 41.0 Å². The largest absolute Gasteiger partial charge is 0.416 e. The second-order valence-corrected chi connectivity index (χ2v) is 8.94. The van der Waals surface area contributed by atoms with Gasteiger partial charge in [-0.2, -0.15) is 13.2 Å². The molecule has 0 aliphatic carbocycles. The van der Waals surface area contributed by atoms with Crippen molar-refractivity contribution >= 4 is 22.7 Å². The van der Waals surface area contributed by atoms with Crippen LogP contribution < -0.4 is 4.90 Å². The molecule has 1 atom stereocenters. The molecule has 4 nitrogen and oxygen atoms in total. The first kappa shape index (κ1) is 25.4. The number of carbonyl (C=O) groups excluding carboxylic acids is 1. The molecule has 4 aromatic carbocycles. The summed E-state index contributed by atoms with van der Waals surface area (Å²) >= 11 is 0. The monoisotopic (exact) mass is 515 g/mol. The lowest BCUT2D eigenvalue weighted by molar-refractivity contribution is -0.137. The zero-order chi connectivity index (χ0) is 26.9. The van der Waals surface area contributed by atoms with Crippen molar-refractivity contribution in [1.29, 1.82) is 0 Å². The molecule has 1 aliphatic rings. The van der Waals surface area contributed by atoms with Crippen LogP contribution in [0.3, 0.4) is 0 Å². The number of carbonyl (C=O) groups is 1. The van der Waals surface area contributed by atoms with Crippen molar-refractivity contribution < 1.29 is 27.8 Å². The molecule has 4 aromatic rings. The molecule has 0 aromatic heterocycles. The fraction of sp³-hybridized carbons (Fsp3) is 0.129. The third-order valence-corrected chi connectivity index (χ3v) is 6.51. The van der Waals surface area contributed by atoms with Crippen molar-refractivity contribution in [3.05, 3.63) is 137 Å². The van der Waals surface area contributed by atoms with Gasteiger partial charge in [-0.3, -0.25) is 4.79 Å². The number of hydrogen-bond acceptors (Lipinski definition) is 3. The quantitative estimate of drug-likeness (QED) is 0.226. The van der Waals surface area contributed by atoms with Gasteiger partial charge >= 0.3 is 6.18 Å². The van der Waals surface area contributed by atoms with E-state index in [1.807, 2.05) is 30.3 Å². The van der Waals surface area contributed by atoms with E-state index in [0.29, 0.717) is 39.1 Å². The molecule has 7 heteroatoms. The summed E-state index contributed by atoms with van der Waals surface area (Å²) in [7, 11) is 1.40. The molecule has 0 saturated heterocycles. The van der Waals surface area contributed by atoms with E-state index >= 15 is 0 Å². The number of nitrogens with zero attached hydrogens (tertiary/aromatic N) is 1. The number of hydrogen-bond donors (Lipinski definition) is 1. The number of aliphatic hydroxyl groups excluding tert-OH is 1. The van der Waals surface area contributed by atoms with Crippen LogP contribution in [0.1, 0.15) is 39.7 Å². The van der Waals surface area contributed by atoms with Crippen LogP contribution in [-0.4, -0.2) is 18.1 Å². The number of aliphatic hydroxyl groups is 1. The molecule has 1 amide bonds. The Morgan fingerprint density at radius 1 is 0.868 bits per heavy atom. The average Bonchev–Trinajstić information content (AvgIpc) is 3.20. The number of rotatable bonds is 6. The van der Waals surface area contributed by atoms with Gasteiger partial charge in [0.15, 0.2) is 6.29 Å². The molecule has 1 heterocycles. The first-order valence-corrected chi connectivity index (χ1v) is 12.0. The number of amides is 1. The van der Waals surface area contributed by atoms with Crippen molar-refractivity contribution in [2.24, 2.45) is 0 Å². The van der Waals surface area contributed by atoms with Crippen LogP contribution in [-0.2, 0) is 22.3 Å². The van der Waals surface area contributed by atoms with Gasteiger partial charge in [0.05, 0.1) is 23.4 Å². The fourth-order valence-electron chi connectivity index (χ4n) is 4.75. The van der Waals surface area contributed by atoms with E-state index < -0.39 is 18.0 Å². The van der Waals surface area contributed by atoms with Crippen LogP contribution in [0.2, 0.25) is 0 Å². The summed E-state index contributed by atoms with van der Waals surface area (Å²) in [5, 5.41) is 10.1. The van der Waals surface area contributed by atoms with Gasteiger partial charge in [0, 0.05) is 23.8 Å². The second kappa shape index (κ2) is 10.3. The zero-order valence-electron chi connectivity index (χ0n) is 20.4. The standard InChI is InChI=1S/C31H24F3NO3/c1-38-30(37)23-13-7-9-20(17-23)19-35-26-16-6-5-15-25(26)28(29(35)36)27(21-10-3-2-4-11-21)22-12-8-14-24(18-22)31(32,33)34/h2-18,30,37H,19H2,1H3. The van der Waals surface area contributed by atoms with E-state index in [-0.39, 0.29) is 12.5 Å². The summed E-state index contributed by atoms with van der Waals surface area (Å²) < 4.78 is 45.9. The summed E-state index contributed by atoms with van der Waals surface area (Å²) in [5.74, 6) is -0.319. The highest BCUT2D eigenvalue weighted by Gasteiger charge is 2.36. The number of ether oxygens (including phenoxy) is 1. The maximum Gasteiger partial charge on any atom is 0.416 e. The second-order valence-electron chi connectivity index (χ2n) is 8.94. The Kier molecular flexibility index (Phi) is 6.89. The third-order valence-electron chi connectivity index (χ3n) is 6.51. The molecule has 0 fully saturated rings. The lowest BCUT2D eigenvalue weighted by Gasteiger charge is -2.19. The van der Waals surface area contributed by atoms with Gasteiger partial charge < -0.3 is 14.7 Å². The highest BCUT2D eigenvalue weighted by Crippen LogP contribution is 2.44. The third kappa shape index (κ3) is 4.86. The van der Waals surface area contributed by atoms with Gasteiger partial charge in [-0.1, -0.05) is 78.9 Å². The molecular formula is C31H24F3NO3. The topological polar surface area (TPSA) is 49.8 Å². The van der Waals surface area contributed by atoms with E-state index in [4.69, 9.17) is 4.74 Å². The number of fused-ring (bicyclic) bond motifs is 1. The van der Waals surface area contributed by atoms with E-state index in [1.54, 1.807) is 59.5 Å². The van der Waals surface area contributed by atoms with Crippen molar-refractivity contribution in [2.45, 2.75) is 19.0 Å². The molecule has 1 aliphatic heterocycles. The molecule has 1 unspecified atom stereocenters. The minimum absolute atomic E-state index is 0.203. The lowest BCUT2D eigenvalue weighted by atomic mass is 9.89. The number of halogens is 3. The highest BCUT2D eigenvalue weighted by molar-refractivity contribution is 6.38. The summed E-state index contributed by atoms with van der Waals surface area (Å²) in [4.78, 5) is 15.7. The summed E-state index contributed by atoms with van der Waals surface area (Å²) in [6.45, 7) is 0.203. The highest BCUT2D eigenvalue weighted by atomic mass is 19.4. The van der Waals surface area contributed by atoms with Crippen LogP contribution in [0.5, 0.6) is 0 Å². The van der Waals surface area contributed by atoms with E-state index in [0.717, 1.165) is 17.7 Å². The minimum Gasteiger partial charge on any atom is -0.364 e. The molecular weight excluding hydrogens is 491 g/mol.